The highest BCUT2D eigenvalue weighted by atomic mass is 16.3. The SMILES string of the molecule is Cc1ccc(N2CCN(CCCO)CC2)cc1C. The minimum atomic E-state index is 0.303. The van der Waals surface area contributed by atoms with Crippen molar-refractivity contribution in [2.45, 2.75) is 20.3 Å². The van der Waals surface area contributed by atoms with Gasteiger partial charge in [-0.15, -0.1) is 0 Å². The summed E-state index contributed by atoms with van der Waals surface area (Å²) in [5.74, 6) is 0. The Morgan fingerprint density at radius 1 is 1.06 bits per heavy atom. The third-order valence-corrected chi connectivity index (χ3v) is 3.86. The van der Waals surface area contributed by atoms with Crippen molar-refractivity contribution in [3.05, 3.63) is 29.3 Å². The van der Waals surface area contributed by atoms with Crippen LogP contribution in [0.5, 0.6) is 0 Å². The molecule has 1 aromatic carbocycles. The van der Waals surface area contributed by atoms with E-state index in [4.69, 9.17) is 5.11 Å². The molecule has 0 unspecified atom stereocenters. The number of aliphatic hydroxyl groups excluding tert-OH is 1. The maximum Gasteiger partial charge on any atom is 0.0443 e. The first-order valence-electron chi connectivity index (χ1n) is 6.86. The zero-order valence-corrected chi connectivity index (χ0v) is 11.5. The van der Waals surface area contributed by atoms with E-state index in [1.54, 1.807) is 0 Å². The minimum absolute atomic E-state index is 0.303. The van der Waals surface area contributed by atoms with Crippen molar-refractivity contribution in [2.24, 2.45) is 0 Å². The standard InChI is InChI=1S/C15H24N2O/c1-13-4-5-15(12-14(13)2)17-9-7-16(8-10-17)6-3-11-18/h4-5,12,18H,3,6-11H2,1-2H3. The fraction of sp³-hybridized carbons (Fsp3) is 0.600. The lowest BCUT2D eigenvalue weighted by Gasteiger charge is -2.36. The van der Waals surface area contributed by atoms with Crippen molar-refractivity contribution >= 4 is 5.69 Å². The number of aliphatic hydroxyl groups is 1. The number of nitrogens with zero attached hydrogens (tertiary/aromatic N) is 2. The van der Waals surface area contributed by atoms with Crippen LogP contribution in [0.2, 0.25) is 0 Å². The van der Waals surface area contributed by atoms with Gasteiger partial charge in [-0.1, -0.05) is 6.07 Å². The van der Waals surface area contributed by atoms with Crippen molar-refractivity contribution in [3.8, 4) is 0 Å². The average Bonchev–Trinajstić information content (AvgIpc) is 2.40. The van der Waals surface area contributed by atoms with Gasteiger partial charge in [0.15, 0.2) is 0 Å². The highest BCUT2D eigenvalue weighted by Crippen LogP contribution is 2.20. The molecule has 0 radical (unpaired) electrons. The van der Waals surface area contributed by atoms with Gasteiger partial charge in [0.1, 0.15) is 0 Å². The van der Waals surface area contributed by atoms with E-state index in [9.17, 15) is 0 Å². The summed E-state index contributed by atoms with van der Waals surface area (Å²) in [5, 5.41) is 8.85. The van der Waals surface area contributed by atoms with Crippen molar-refractivity contribution in [1.29, 1.82) is 0 Å². The van der Waals surface area contributed by atoms with Gasteiger partial charge in [-0.2, -0.15) is 0 Å². The number of benzene rings is 1. The molecule has 1 aromatic rings. The second-order valence-corrected chi connectivity index (χ2v) is 5.17. The lowest BCUT2D eigenvalue weighted by molar-refractivity contribution is 0.216. The molecule has 0 aliphatic carbocycles. The van der Waals surface area contributed by atoms with E-state index in [1.807, 2.05) is 0 Å². The van der Waals surface area contributed by atoms with Gasteiger partial charge < -0.3 is 10.0 Å². The summed E-state index contributed by atoms with van der Waals surface area (Å²) >= 11 is 0. The molecule has 0 bridgehead atoms. The first-order valence-corrected chi connectivity index (χ1v) is 6.86. The third-order valence-electron chi connectivity index (χ3n) is 3.86. The summed E-state index contributed by atoms with van der Waals surface area (Å²) in [4.78, 5) is 4.90. The van der Waals surface area contributed by atoms with Crippen molar-refractivity contribution in [2.75, 3.05) is 44.2 Å². The molecule has 18 heavy (non-hydrogen) atoms. The Bertz CT molecular complexity index is 384. The van der Waals surface area contributed by atoms with E-state index in [2.05, 4.69) is 41.8 Å². The first-order chi connectivity index (χ1) is 8.70. The number of aryl methyl sites for hydroxylation is 2. The van der Waals surface area contributed by atoms with Gasteiger partial charge in [-0.25, -0.2) is 0 Å². The molecule has 0 amide bonds. The molecule has 2 rings (SSSR count). The van der Waals surface area contributed by atoms with Gasteiger partial charge >= 0.3 is 0 Å². The van der Waals surface area contributed by atoms with Crippen LogP contribution in [0.15, 0.2) is 18.2 Å². The maximum absolute atomic E-state index is 8.85. The van der Waals surface area contributed by atoms with Crippen molar-refractivity contribution < 1.29 is 5.11 Å². The fourth-order valence-corrected chi connectivity index (χ4v) is 2.45. The highest BCUT2D eigenvalue weighted by Gasteiger charge is 2.16. The molecule has 100 valence electrons. The molecule has 0 atom stereocenters. The van der Waals surface area contributed by atoms with E-state index in [0.29, 0.717) is 6.61 Å². The first kappa shape index (κ1) is 13.4. The molecule has 1 fully saturated rings. The van der Waals surface area contributed by atoms with Crippen LogP contribution >= 0.6 is 0 Å². The van der Waals surface area contributed by atoms with Crippen LogP contribution in [0.4, 0.5) is 5.69 Å². The Labute approximate surface area is 110 Å². The number of rotatable bonds is 4. The lowest BCUT2D eigenvalue weighted by Crippen LogP contribution is -2.46. The van der Waals surface area contributed by atoms with Crippen LogP contribution in [-0.4, -0.2) is 49.3 Å². The van der Waals surface area contributed by atoms with Gasteiger partial charge in [0, 0.05) is 45.0 Å². The predicted molar refractivity (Wildman–Crippen MR) is 76.3 cm³/mol. The van der Waals surface area contributed by atoms with Crippen LogP contribution in [0.3, 0.4) is 0 Å². The van der Waals surface area contributed by atoms with E-state index in [1.165, 1.54) is 16.8 Å². The second-order valence-electron chi connectivity index (χ2n) is 5.17. The Hall–Kier alpha value is -1.06. The monoisotopic (exact) mass is 248 g/mol. The normalized spacial score (nSPS) is 17.2. The van der Waals surface area contributed by atoms with Crippen LogP contribution in [-0.2, 0) is 0 Å². The number of hydrogen-bond donors (Lipinski definition) is 1. The summed E-state index contributed by atoms with van der Waals surface area (Å²) in [6.45, 7) is 10.1. The predicted octanol–water partition coefficient (Wildman–Crippen LogP) is 1.81. The Morgan fingerprint density at radius 3 is 2.39 bits per heavy atom. The van der Waals surface area contributed by atoms with Crippen LogP contribution in [0.25, 0.3) is 0 Å². The average molecular weight is 248 g/mol. The number of piperazine rings is 1. The second kappa shape index (κ2) is 6.21. The molecule has 0 spiro atoms. The van der Waals surface area contributed by atoms with Crippen molar-refractivity contribution in [1.82, 2.24) is 4.90 Å². The Kier molecular flexibility index (Phi) is 4.61. The number of hydrogen-bond acceptors (Lipinski definition) is 3. The highest BCUT2D eigenvalue weighted by molar-refractivity contribution is 5.50. The summed E-state index contributed by atoms with van der Waals surface area (Å²) in [5.41, 5.74) is 4.08. The summed E-state index contributed by atoms with van der Waals surface area (Å²) in [7, 11) is 0. The van der Waals surface area contributed by atoms with Crippen LogP contribution in [0, 0.1) is 13.8 Å². The van der Waals surface area contributed by atoms with Gasteiger partial charge in [-0.3, -0.25) is 4.90 Å². The zero-order valence-electron chi connectivity index (χ0n) is 11.5. The summed E-state index contributed by atoms with van der Waals surface area (Å²) < 4.78 is 0. The molecule has 1 N–H and O–H groups in total. The van der Waals surface area contributed by atoms with E-state index >= 15 is 0 Å². The third kappa shape index (κ3) is 3.24. The fourth-order valence-electron chi connectivity index (χ4n) is 2.45. The Balaban J connectivity index is 1.90. The maximum atomic E-state index is 8.85. The molecule has 1 heterocycles. The molecular weight excluding hydrogens is 224 g/mol. The largest absolute Gasteiger partial charge is 0.396 e. The van der Waals surface area contributed by atoms with Crippen LogP contribution in [0.1, 0.15) is 17.5 Å². The molecule has 1 aliphatic rings. The van der Waals surface area contributed by atoms with E-state index < -0.39 is 0 Å². The van der Waals surface area contributed by atoms with E-state index in [-0.39, 0.29) is 0 Å². The summed E-state index contributed by atoms with van der Waals surface area (Å²) in [6, 6.07) is 6.73. The van der Waals surface area contributed by atoms with E-state index in [0.717, 1.165) is 39.1 Å². The molecule has 1 aliphatic heterocycles. The van der Waals surface area contributed by atoms with Crippen LogP contribution < -0.4 is 4.90 Å². The summed E-state index contributed by atoms with van der Waals surface area (Å²) in [6.07, 6.45) is 0.892. The van der Waals surface area contributed by atoms with Gasteiger partial charge in [0.25, 0.3) is 0 Å². The number of anilines is 1. The molecule has 0 aromatic heterocycles. The molecule has 3 heteroatoms. The van der Waals surface area contributed by atoms with Gasteiger partial charge in [0.2, 0.25) is 0 Å². The minimum Gasteiger partial charge on any atom is -0.396 e. The molecule has 1 saturated heterocycles. The Morgan fingerprint density at radius 2 is 1.78 bits per heavy atom. The van der Waals surface area contributed by atoms with Gasteiger partial charge in [0.05, 0.1) is 0 Å². The molecule has 3 nitrogen and oxygen atoms in total. The topological polar surface area (TPSA) is 26.7 Å². The van der Waals surface area contributed by atoms with Gasteiger partial charge in [-0.05, 0) is 43.5 Å². The van der Waals surface area contributed by atoms with Crippen molar-refractivity contribution in [3.63, 3.8) is 0 Å². The molecular formula is C15H24N2O. The molecule has 0 saturated carbocycles. The zero-order chi connectivity index (χ0) is 13.0. The quantitative estimate of drug-likeness (QED) is 0.880. The smallest absolute Gasteiger partial charge is 0.0443 e. The lowest BCUT2D eigenvalue weighted by atomic mass is 10.1.